The fourth-order valence-corrected chi connectivity index (χ4v) is 1.47. The van der Waals surface area contributed by atoms with Crippen molar-refractivity contribution in [1.82, 2.24) is 0 Å². The van der Waals surface area contributed by atoms with E-state index in [-0.39, 0.29) is 5.56 Å². The highest BCUT2D eigenvalue weighted by Gasteiger charge is 2.09. The smallest absolute Gasteiger partial charge is 0.196 e. The van der Waals surface area contributed by atoms with Gasteiger partial charge in [-0.15, -0.1) is 5.11 Å². The number of hydrogen-bond donors (Lipinski definition) is 0. The second-order valence-corrected chi connectivity index (χ2v) is 3.61. The minimum Gasteiger partial charge on any atom is -0.291 e. The molecule has 0 heterocycles. The van der Waals surface area contributed by atoms with E-state index in [1.807, 2.05) is 18.2 Å². The molecule has 0 saturated carbocycles. The van der Waals surface area contributed by atoms with Crippen molar-refractivity contribution in [3.63, 3.8) is 0 Å². The van der Waals surface area contributed by atoms with E-state index in [0.717, 1.165) is 0 Å². The van der Waals surface area contributed by atoms with E-state index in [9.17, 15) is 9.18 Å². The Bertz CT molecular complexity index is 567. The lowest BCUT2D eigenvalue weighted by molar-refractivity contribution is 0.0959. The van der Waals surface area contributed by atoms with Crippen molar-refractivity contribution in [2.24, 2.45) is 10.2 Å². The summed E-state index contributed by atoms with van der Waals surface area (Å²) in [6.07, 6.45) is 0. The fourth-order valence-electron chi connectivity index (χ4n) is 1.47. The molecular weight excluding hydrogens is 231 g/mol. The monoisotopic (exact) mass is 242 g/mol. The molecule has 0 saturated heterocycles. The van der Waals surface area contributed by atoms with Crippen LogP contribution in [0.15, 0.2) is 64.8 Å². The van der Waals surface area contributed by atoms with Crippen LogP contribution in [0, 0.1) is 0 Å². The number of hydrogen-bond acceptors (Lipinski definition) is 3. The minimum atomic E-state index is -1.03. The van der Waals surface area contributed by atoms with E-state index in [1.54, 1.807) is 36.4 Å². The average molecular weight is 242 g/mol. The Morgan fingerprint density at radius 3 is 2.33 bits per heavy atom. The van der Waals surface area contributed by atoms with Crippen molar-refractivity contribution in [1.29, 1.82) is 0 Å². The maximum absolute atomic E-state index is 12.4. The molecule has 2 aromatic carbocycles. The normalized spacial score (nSPS) is 10.7. The molecular formula is C14H11FN2O. The first-order valence-electron chi connectivity index (χ1n) is 5.46. The standard InChI is InChI=1S/C14H11FN2O/c15-10-14(18)12-8-4-5-9-13(12)17-16-11-6-2-1-3-7-11/h1-9H,10H2. The molecule has 2 rings (SSSR count). The number of ketones is 1. The highest BCUT2D eigenvalue weighted by atomic mass is 19.1. The minimum absolute atomic E-state index is 0.250. The van der Waals surface area contributed by atoms with E-state index in [4.69, 9.17) is 0 Å². The van der Waals surface area contributed by atoms with Gasteiger partial charge in [-0.05, 0) is 24.3 Å². The fraction of sp³-hybridized carbons (Fsp3) is 0.0714. The van der Waals surface area contributed by atoms with Gasteiger partial charge in [0, 0.05) is 5.56 Å². The molecule has 18 heavy (non-hydrogen) atoms. The maximum Gasteiger partial charge on any atom is 0.196 e. The number of halogens is 1. The van der Waals surface area contributed by atoms with Crippen LogP contribution >= 0.6 is 0 Å². The lowest BCUT2D eigenvalue weighted by Gasteiger charge is -2.00. The number of Topliss-reactive ketones (excluding diaryl/α,β-unsaturated/α-hetero) is 1. The predicted molar refractivity (Wildman–Crippen MR) is 67.4 cm³/mol. The Balaban J connectivity index is 2.29. The van der Waals surface area contributed by atoms with Gasteiger partial charge in [0.2, 0.25) is 0 Å². The molecule has 0 amide bonds. The third-order valence-corrected chi connectivity index (χ3v) is 2.36. The molecule has 0 aromatic heterocycles. The summed E-state index contributed by atoms with van der Waals surface area (Å²) in [6, 6.07) is 15.7. The Hall–Kier alpha value is -2.36. The van der Waals surface area contributed by atoms with Crippen molar-refractivity contribution in [3.05, 3.63) is 60.2 Å². The molecule has 0 atom stereocenters. The first-order valence-corrected chi connectivity index (χ1v) is 5.46. The summed E-state index contributed by atoms with van der Waals surface area (Å²) in [5.41, 5.74) is 1.31. The summed E-state index contributed by atoms with van der Waals surface area (Å²) in [7, 11) is 0. The van der Waals surface area contributed by atoms with E-state index in [0.29, 0.717) is 11.4 Å². The van der Waals surface area contributed by atoms with Gasteiger partial charge in [-0.2, -0.15) is 5.11 Å². The number of carbonyl (C=O) groups is 1. The molecule has 2 aromatic rings. The summed E-state index contributed by atoms with van der Waals surface area (Å²) in [4.78, 5) is 11.4. The van der Waals surface area contributed by atoms with E-state index in [2.05, 4.69) is 10.2 Å². The van der Waals surface area contributed by atoms with Crippen LogP contribution in [0.4, 0.5) is 15.8 Å². The predicted octanol–water partition coefficient (Wildman–Crippen LogP) is 4.25. The zero-order valence-corrected chi connectivity index (χ0v) is 9.58. The topological polar surface area (TPSA) is 41.8 Å². The highest BCUT2D eigenvalue weighted by molar-refractivity contribution is 6.01. The summed E-state index contributed by atoms with van der Waals surface area (Å²) in [5.74, 6) is -0.586. The van der Waals surface area contributed by atoms with Gasteiger partial charge in [0.25, 0.3) is 0 Å². The first-order chi connectivity index (χ1) is 8.81. The van der Waals surface area contributed by atoms with Crippen LogP contribution < -0.4 is 0 Å². The van der Waals surface area contributed by atoms with Crippen LogP contribution in [0.1, 0.15) is 10.4 Å². The van der Waals surface area contributed by atoms with E-state index < -0.39 is 12.5 Å². The number of rotatable bonds is 4. The highest BCUT2D eigenvalue weighted by Crippen LogP contribution is 2.22. The number of carbonyl (C=O) groups excluding carboxylic acids is 1. The Labute approximate surface area is 104 Å². The van der Waals surface area contributed by atoms with Gasteiger partial charge < -0.3 is 0 Å². The third-order valence-electron chi connectivity index (χ3n) is 2.36. The lowest BCUT2D eigenvalue weighted by Crippen LogP contribution is -2.00. The quantitative estimate of drug-likeness (QED) is 0.583. The van der Waals surface area contributed by atoms with Crippen molar-refractivity contribution in [2.75, 3.05) is 6.67 Å². The van der Waals surface area contributed by atoms with Crippen LogP contribution in [0.3, 0.4) is 0 Å². The molecule has 0 aliphatic carbocycles. The zero-order valence-electron chi connectivity index (χ0n) is 9.58. The Morgan fingerprint density at radius 2 is 1.61 bits per heavy atom. The van der Waals surface area contributed by atoms with Crippen LogP contribution in [0.5, 0.6) is 0 Å². The van der Waals surface area contributed by atoms with Gasteiger partial charge in [0.1, 0.15) is 0 Å². The largest absolute Gasteiger partial charge is 0.291 e. The SMILES string of the molecule is O=C(CF)c1ccccc1N=Nc1ccccc1. The lowest BCUT2D eigenvalue weighted by atomic mass is 10.1. The third kappa shape index (κ3) is 2.85. The molecule has 0 unspecified atom stereocenters. The van der Waals surface area contributed by atoms with Gasteiger partial charge >= 0.3 is 0 Å². The summed E-state index contributed by atoms with van der Waals surface area (Å²) >= 11 is 0. The molecule has 0 spiro atoms. The average Bonchev–Trinajstić information content (AvgIpc) is 2.45. The molecule has 0 fully saturated rings. The maximum atomic E-state index is 12.4. The van der Waals surface area contributed by atoms with Gasteiger partial charge in [-0.25, -0.2) is 4.39 Å². The van der Waals surface area contributed by atoms with Gasteiger partial charge in [-0.1, -0.05) is 30.3 Å². The Morgan fingerprint density at radius 1 is 0.944 bits per heavy atom. The summed E-state index contributed by atoms with van der Waals surface area (Å²) in [5, 5.41) is 7.99. The first kappa shape index (κ1) is 12.1. The zero-order chi connectivity index (χ0) is 12.8. The molecule has 0 radical (unpaired) electrons. The summed E-state index contributed by atoms with van der Waals surface area (Å²) in [6.45, 7) is -1.03. The van der Waals surface area contributed by atoms with Crippen molar-refractivity contribution in [2.45, 2.75) is 0 Å². The van der Waals surface area contributed by atoms with Gasteiger partial charge in [0.15, 0.2) is 12.5 Å². The molecule has 0 aliphatic rings. The number of nitrogens with zero attached hydrogens (tertiary/aromatic N) is 2. The van der Waals surface area contributed by atoms with E-state index >= 15 is 0 Å². The van der Waals surface area contributed by atoms with Crippen LogP contribution in [-0.4, -0.2) is 12.5 Å². The van der Waals surface area contributed by atoms with Crippen molar-refractivity contribution < 1.29 is 9.18 Å². The Kier molecular flexibility index (Phi) is 3.91. The molecule has 0 aliphatic heterocycles. The molecule has 0 N–H and O–H groups in total. The van der Waals surface area contributed by atoms with Gasteiger partial charge in [-0.3, -0.25) is 4.79 Å². The second kappa shape index (κ2) is 5.82. The van der Waals surface area contributed by atoms with Crippen molar-refractivity contribution in [3.8, 4) is 0 Å². The van der Waals surface area contributed by atoms with E-state index in [1.165, 1.54) is 0 Å². The molecule has 90 valence electrons. The van der Waals surface area contributed by atoms with Crippen molar-refractivity contribution >= 4 is 17.2 Å². The molecule has 0 bridgehead atoms. The number of alkyl halides is 1. The number of azo groups is 1. The second-order valence-electron chi connectivity index (χ2n) is 3.61. The summed E-state index contributed by atoms with van der Waals surface area (Å²) < 4.78 is 12.4. The van der Waals surface area contributed by atoms with Crippen LogP contribution in [-0.2, 0) is 0 Å². The number of benzene rings is 2. The van der Waals surface area contributed by atoms with Gasteiger partial charge in [0.05, 0.1) is 11.4 Å². The van der Waals surface area contributed by atoms with Crippen LogP contribution in [0.2, 0.25) is 0 Å². The van der Waals surface area contributed by atoms with Crippen LogP contribution in [0.25, 0.3) is 0 Å². The molecule has 3 nitrogen and oxygen atoms in total. The molecule has 4 heteroatoms.